The number of methoxy groups -OCH3 is 1. The van der Waals surface area contributed by atoms with Gasteiger partial charge in [0.05, 0.1) is 19.8 Å². The summed E-state index contributed by atoms with van der Waals surface area (Å²) >= 11 is 0. The van der Waals surface area contributed by atoms with Crippen LogP contribution in [0.15, 0.2) is 0 Å². The maximum atomic E-state index is 11.7. The Morgan fingerprint density at radius 3 is 2.93 bits per heavy atom. The van der Waals surface area contributed by atoms with E-state index in [0.717, 1.165) is 6.42 Å². The predicted octanol–water partition coefficient (Wildman–Crippen LogP) is 0.643. The first-order chi connectivity index (χ1) is 6.75. The molecule has 0 N–H and O–H groups in total. The summed E-state index contributed by atoms with van der Waals surface area (Å²) in [7, 11) is 1.64. The van der Waals surface area contributed by atoms with Gasteiger partial charge in [0.2, 0.25) is 0 Å². The molecule has 4 nitrogen and oxygen atoms in total. The third-order valence-corrected chi connectivity index (χ3v) is 2.37. The average Bonchev–Trinajstić information content (AvgIpc) is 2.26. The van der Waals surface area contributed by atoms with Gasteiger partial charge in [0, 0.05) is 19.6 Å². The van der Waals surface area contributed by atoms with E-state index >= 15 is 0 Å². The lowest BCUT2D eigenvalue weighted by Crippen LogP contribution is -2.38. The molecule has 0 aromatic heterocycles. The van der Waals surface area contributed by atoms with E-state index in [9.17, 15) is 4.79 Å². The van der Waals surface area contributed by atoms with E-state index in [0.29, 0.717) is 26.4 Å². The smallest absolute Gasteiger partial charge is 0.166 e. The number of rotatable bonds is 5. The average molecular weight is 202 g/mol. The monoisotopic (exact) mass is 202 g/mol. The molecule has 1 saturated heterocycles. The summed E-state index contributed by atoms with van der Waals surface area (Å²) in [6.07, 6.45) is 0.380. The Balaban J connectivity index is 2.30. The summed E-state index contributed by atoms with van der Waals surface area (Å²) in [5.41, 5.74) is 0. The van der Waals surface area contributed by atoms with Crippen LogP contribution in [0.25, 0.3) is 0 Å². The summed E-state index contributed by atoms with van der Waals surface area (Å²) in [4.78, 5) is 11.7. The Morgan fingerprint density at radius 2 is 2.36 bits per heavy atom. The van der Waals surface area contributed by atoms with Crippen molar-refractivity contribution in [2.24, 2.45) is 5.92 Å². The molecule has 1 aliphatic heterocycles. The molecule has 0 aromatic rings. The fourth-order valence-corrected chi connectivity index (χ4v) is 1.41. The highest BCUT2D eigenvalue weighted by atomic mass is 16.6. The second-order valence-corrected chi connectivity index (χ2v) is 3.52. The zero-order valence-corrected chi connectivity index (χ0v) is 8.82. The van der Waals surface area contributed by atoms with Crippen LogP contribution >= 0.6 is 0 Å². The van der Waals surface area contributed by atoms with Crippen LogP contribution in [0.3, 0.4) is 0 Å². The van der Waals surface area contributed by atoms with Crippen LogP contribution in [0.5, 0.6) is 0 Å². The number of ether oxygens (including phenoxy) is 3. The molecule has 0 radical (unpaired) electrons. The van der Waals surface area contributed by atoms with Crippen LogP contribution in [0.2, 0.25) is 0 Å². The normalized spacial score (nSPS) is 24.6. The van der Waals surface area contributed by atoms with Gasteiger partial charge in [0.15, 0.2) is 5.78 Å². The van der Waals surface area contributed by atoms with E-state index < -0.39 is 0 Å². The molecule has 1 heterocycles. The highest BCUT2D eigenvalue weighted by Crippen LogP contribution is 2.11. The van der Waals surface area contributed by atoms with Gasteiger partial charge in [-0.3, -0.25) is 4.79 Å². The fourth-order valence-electron chi connectivity index (χ4n) is 1.41. The number of carbonyl (C=O) groups excluding carboxylic acids is 1. The Hall–Kier alpha value is -0.450. The van der Waals surface area contributed by atoms with Crippen molar-refractivity contribution in [3.8, 4) is 0 Å². The van der Waals surface area contributed by atoms with E-state index in [1.165, 1.54) is 0 Å². The minimum Gasteiger partial charge on any atom is -0.385 e. The van der Waals surface area contributed by atoms with Crippen molar-refractivity contribution in [2.45, 2.75) is 19.4 Å². The Bertz CT molecular complexity index is 175. The summed E-state index contributed by atoms with van der Waals surface area (Å²) in [5.74, 6) is 0.114. The van der Waals surface area contributed by atoms with Crippen LogP contribution < -0.4 is 0 Å². The molecular formula is C10H18O4. The van der Waals surface area contributed by atoms with Crippen LogP contribution in [-0.2, 0) is 19.0 Å². The lowest BCUT2D eigenvalue weighted by atomic mass is 9.99. The van der Waals surface area contributed by atoms with Gasteiger partial charge in [-0.15, -0.1) is 0 Å². The predicted molar refractivity (Wildman–Crippen MR) is 51.2 cm³/mol. The molecule has 1 rings (SSSR count). The van der Waals surface area contributed by atoms with E-state index in [-0.39, 0.29) is 17.8 Å². The second kappa shape index (κ2) is 6.11. The molecule has 2 atom stereocenters. The van der Waals surface area contributed by atoms with Gasteiger partial charge in [-0.05, 0) is 6.42 Å². The van der Waals surface area contributed by atoms with Crippen LogP contribution in [-0.4, -0.2) is 45.4 Å². The quantitative estimate of drug-likeness (QED) is 0.656. The topological polar surface area (TPSA) is 44.8 Å². The van der Waals surface area contributed by atoms with Gasteiger partial charge in [-0.25, -0.2) is 0 Å². The molecule has 0 bridgehead atoms. The van der Waals surface area contributed by atoms with E-state index in [1.807, 2.05) is 6.92 Å². The molecule has 1 fully saturated rings. The number of hydrogen-bond acceptors (Lipinski definition) is 4. The second-order valence-electron chi connectivity index (χ2n) is 3.52. The van der Waals surface area contributed by atoms with Crippen molar-refractivity contribution in [1.29, 1.82) is 0 Å². The van der Waals surface area contributed by atoms with E-state index in [1.54, 1.807) is 7.11 Å². The van der Waals surface area contributed by atoms with Crippen molar-refractivity contribution in [3.63, 3.8) is 0 Å². The van der Waals surface area contributed by atoms with Crippen molar-refractivity contribution in [3.05, 3.63) is 0 Å². The third-order valence-electron chi connectivity index (χ3n) is 2.37. The first-order valence-corrected chi connectivity index (χ1v) is 4.97. The highest BCUT2D eigenvalue weighted by molar-refractivity contribution is 5.85. The summed E-state index contributed by atoms with van der Waals surface area (Å²) < 4.78 is 15.4. The van der Waals surface area contributed by atoms with E-state index in [2.05, 4.69) is 0 Å². The summed E-state index contributed by atoms with van der Waals surface area (Å²) in [6.45, 7) is 4.03. The Kier molecular flexibility index (Phi) is 5.07. The molecule has 0 saturated carbocycles. The number of ketones is 1. The van der Waals surface area contributed by atoms with Crippen molar-refractivity contribution < 1.29 is 19.0 Å². The minimum atomic E-state index is -0.365. The van der Waals surface area contributed by atoms with Gasteiger partial charge in [-0.2, -0.15) is 0 Å². The van der Waals surface area contributed by atoms with Gasteiger partial charge in [0.1, 0.15) is 6.10 Å². The largest absolute Gasteiger partial charge is 0.385 e. The molecule has 2 unspecified atom stereocenters. The molecule has 0 aliphatic carbocycles. The maximum Gasteiger partial charge on any atom is 0.166 e. The molecule has 4 heteroatoms. The SMILES string of the molecule is COCCC(C)C(=O)C1COCCO1. The van der Waals surface area contributed by atoms with Gasteiger partial charge in [0.25, 0.3) is 0 Å². The van der Waals surface area contributed by atoms with Crippen molar-refractivity contribution in [1.82, 2.24) is 0 Å². The maximum absolute atomic E-state index is 11.7. The number of carbonyl (C=O) groups is 1. The zero-order chi connectivity index (χ0) is 10.4. The molecule has 0 amide bonds. The van der Waals surface area contributed by atoms with Crippen LogP contribution in [0, 0.1) is 5.92 Å². The number of hydrogen-bond donors (Lipinski definition) is 0. The fraction of sp³-hybridized carbons (Fsp3) is 0.900. The molecule has 1 aliphatic rings. The van der Waals surface area contributed by atoms with Crippen LogP contribution in [0.4, 0.5) is 0 Å². The molecule has 82 valence electrons. The van der Waals surface area contributed by atoms with Gasteiger partial charge in [-0.1, -0.05) is 6.92 Å². The number of Topliss-reactive ketones (excluding diaryl/α,β-unsaturated/α-hetero) is 1. The zero-order valence-electron chi connectivity index (χ0n) is 8.82. The Labute approximate surface area is 84.5 Å². The highest BCUT2D eigenvalue weighted by Gasteiger charge is 2.26. The van der Waals surface area contributed by atoms with Crippen molar-refractivity contribution >= 4 is 5.78 Å². The lowest BCUT2D eigenvalue weighted by molar-refractivity contribution is -0.149. The molecule has 0 spiro atoms. The standard InChI is InChI=1S/C10H18O4/c1-8(3-4-12-2)10(11)9-7-13-5-6-14-9/h8-9H,3-7H2,1-2H3. The molecule has 14 heavy (non-hydrogen) atoms. The third kappa shape index (κ3) is 3.36. The van der Waals surface area contributed by atoms with Gasteiger partial charge < -0.3 is 14.2 Å². The first kappa shape index (κ1) is 11.6. The van der Waals surface area contributed by atoms with Crippen molar-refractivity contribution in [2.75, 3.05) is 33.5 Å². The summed E-state index contributed by atoms with van der Waals surface area (Å²) in [6, 6.07) is 0. The molecular weight excluding hydrogens is 184 g/mol. The summed E-state index contributed by atoms with van der Waals surface area (Å²) in [5, 5.41) is 0. The Morgan fingerprint density at radius 1 is 1.57 bits per heavy atom. The lowest BCUT2D eigenvalue weighted by Gasteiger charge is -2.24. The van der Waals surface area contributed by atoms with E-state index in [4.69, 9.17) is 14.2 Å². The van der Waals surface area contributed by atoms with Crippen LogP contribution in [0.1, 0.15) is 13.3 Å². The molecule has 0 aromatic carbocycles. The van der Waals surface area contributed by atoms with Gasteiger partial charge >= 0.3 is 0 Å². The minimum absolute atomic E-state index is 0.0124. The first-order valence-electron chi connectivity index (χ1n) is 4.97.